The van der Waals surface area contributed by atoms with E-state index in [1.165, 1.54) is 0 Å². The van der Waals surface area contributed by atoms with E-state index in [1.54, 1.807) is 57.5 Å². The number of anilines is 1. The number of furan rings is 1. The Balaban J connectivity index is 1.36. The van der Waals surface area contributed by atoms with Gasteiger partial charge in [-0.25, -0.2) is 9.97 Å². The van der Waals surface area contributed by atoms with Crippen molar-refractivity contribution in [3.05, 3.63) is 77.7 Å². The predicted octanol–water partition coefficient (Wildman–Crippen LogP) is 5.24. The van der Waals surface area contributed by atoms with Crippen LogP contribution in [0.1, 0.15) is 34.3 Å². The summed E-state index contributed by atoms with van der Waals surface area (Å²) in [6.45, 7) is 0.428. The highest BCUT2D eigenvalue weighted by molar-refractivity contribution is 6.01. The van der Waals surface area contributed by atoms with Crippen LogP contribution >= 0.6 is 0 Å². The fraction of sp³-hybridized carbons (Fsp3) is 0.267. The predicted molar refractivity (Wildman–Crippen MR) is 152 cm³/mol. The lowest BCUT2D eigenvalue weighted by Crippen LogP contribution is -2.11. The van der Waals surface area contributed by atoms with Crippen molar-refractivity contribution in [2.24, 2.45) is 0 Å². The van der Waals surface area contributed by atoms with E-state index in [-0.39, 0.29) is 5.78 Å². The van der Waals surface area contributed by atoms with Crippen LogP contribution in [0, 0.1) is 0 Å². The van der Waals surface area contributed by atoms with Crippen molar-refractivity contribution >= 4 is 17.4 Å². The molecular formula is C30H31N5O6. The highest BCUT2D eigenvalue weighted by Gasteiger charge is 2.20. The molecule has 0 bridgehead atoms. The van der Waals surface area contributed by atoms with Crippen LogP contribution in [0.25, 0.3) is 17.2 Å². The summed E-state index contributed by atoms with van der Waals surface area (Å²) >= 11 is 0. The zero-order valence-corrected chi connectivity index (χ0v) is 23.3. The molecule has 0 atom stereocenters. The topological polar surface area (TPSA) is 122 Å². The van der Waals surface area contributed by atoms with Gasteiger partial charge >= 0.3 is 0 Å². The molecule has 0 saturated heterocycles. The van der Waals surface area contributed by atoms with E-state index in [9.17, 15) is 4.79 Å². The summed E-state index contributed by atoms with van der Waals surface area (Å²) in [5, 5.41) is 7.89. The quantitative estimate of drug-likeness (QED) is 0.192. The molecule has 3 aromatic heterocycles. The second-order valence-corrected chi connectivity index (χ2v) is 9.15. The third-order valence-electron chi connectivity index (χ3n) is 6.62. The van der Waals surface area contributed by atoms with E-state index in [2.05, 4.69) is 20.4 Å². The van der Waals surface area contributed by atoms with Gasteiger partial charge in [-0.2, -0.15) is 4.52 Å². The standard InChI is InChI=1S/C30H31N5O6/c1-37-23-12-10-19(15-26(23)39-3)7-5-8-22(36)21-18-32-30(31-17-20-11-13-24(38-2)27(16-20)40-4)35-29(21)33-28(34-35)25-9-6-14-41-25/h6,9-16,18H,5,7-8,17H2,1-4H3,(H,31,32). The lowest BCUT2D eigenvalue weighted by Gasteiger charge is -2.12. The van der Waals surface area contributed by atoms with Gasteiger partial charge in [0.05, 0.1) is 40.3 Å². The van der Waals surface area contributed by atoms with E-state index >= 15 is 0 Å². The summed E-state index contributed by atoms with van der Waals surface area (Å²) in [7, 11) is 6.39. The molecule has 212 valence electrons. The third kappa shape index (κ3) is 5.93. The van der Waals surface area contributed by atoms with Crippen LogP contribution in [0.4, 0.5) is 5.95 Å². The SMILES string of the molecule is COc1ccc(CCCC(=O)c2cnc(NCc3ccc(OC)c(OC)c3)n3nc(-c4ccco4)nc23)cc1OC. The minimum atomic E-state index is -0.0761. The number of Topliss-reactive ketones (excluding diaryl/α,β-unsaturated/α-hetero) is 1. The molecular weight excluding hydrogens is 526 g/mol. The number of hydrogen-bond acceptors (Lipinski definition) is 10. The van der Waals surface area contributed by atoms with E-state index in [0.29, 0.717) is 77.5 Å². The number of ether oxygens (including phenoxy) is 4. The maximum absolute atomic E-state index is 13.4. The zero-order chi connectivity index (χ0) is 28.8. The van der Waals surface area contributed by atoms with Crippen molar-refractivity contribution in [2.45, 2.75) is 25.8 Å². The van der Waals surface area contributed by atoms with Gasteiger partial charge in [-0.1, -0.05) is 12.1 Å². The second kappa shape index (κ2) is 12.4. The Hall–Kier alpha value is -5.06. The molecule has 0 aliphatic rings. The first-order valence-corrected chi connectivity index (χ1v) is 13.0. The third-order valence-corrected chi connectivity index (χ3v) is 6.62. The number of nitrogens with one attached hydrogen (secondary N) is 1. The fourth-order valence-electron chi connectivity index (χ4n) is 4.50. The summed E-state index contributed by atoms with van der Waals surface area (Å²) in [5.74, 6) is 3.80. The molecule has 3 heterocycles. The molecule has 0 radical (unpaired) electrons. The number of ketones is 1. The normalized spacial score (nSPS) is 10.9. The second-order valence-electron chi connectivity index (χ2n) is 9.15. The Bertz CT molecular complexity index is 1650. The minimum Gasteiger partial charge on any atom is -0.493 e. The van der Waals surface area contributed by atoms with Crippen LogP contribution < -0.4 is 24.3 Å². The average molecular weight is 558 g/mol. The number of methoxy groups -OCH3 is 4. The van der Waals surface area contributed by atoms with Crippen LogP contribution in [-0.4, -0.2) is 53.8 Å². The monoisotopic (exact) mass is 557 g/mol. The molecule has 0 spiro atoms. The molecule has 5 aromatic rings. The van der Waals surface area contributed by atoms with E-state index < -0.39 is 0 Å². The van der Waals surface area contributed by atoms with E-state index in [0.717, 1.165) is 11.1 Å². The van der Waals surface area contributed by atoms with Crippen molar-refractivity contribution in [1.82, 2.24) is 19.6 Å². The number of carbonyl (C=O) groups is 1. The van der Waals surface area contributed by atoms with Gasteiger partial charge in [-0.3, -0.25) is 4.79 Å². The molecule has 0 saturated carbocycles. The van der Waals surface area contributed by atoms with Crippen LogP contribution in [0.5, 0.6) is 23.0 Å². The molecule has 0 aliphatic carbocycles. The molecule has 0 unspecified atom stereocenters. The highest BCUT2D eigenvalue weighted by Crippen LogP contribution is 2.29. The molecule has 2 aromatic carbocycles. The lowest BCUT2D eigenvalue weighted by atomic mass is 10.0. The van der Waals surface area contributed by atoms with Crippen LogP contribution in [0.15, 0.2) is 65.4 Å². The van der Waals surface area contributed by atoms with Gasteiger partial charge < -0.3 is 28.7 Å². The molecule has 0 fully saturated rings. The van der Waals surface area contributed by atoms with Gasteiger partial charge in [0.1, 0.15) is 0 Å². The largest absolute Gasteiger partial charge is 0.493 e. The molecule has 0 amide bonds. The number of aromatic nitrogens is 4. The van der Waals surface area contributed by atoms with E-state index in [1.807, 2.05) is 36.4 Å². The van der Waals surface area contributed by atoms with Gasteiger partial charge in [0.25, 0.3) is 0 Å². The first-order chi connectivity index (χ1) is 20.0. The summed E-state index contributed by atoms with van der Waals surface area (Å²) in [6, 6.07) is 14.9. The maximum Gasteiger partial charge on any atom is 0.226 e. The lowest BCUT2D eigenvalue weighted by molar-refractivity contribution is 0.0981. The number of rotatable bonds is 13. The van der Waals surface area contributed by atoms with Gasteiger partial charge in [0.15, 0.2) is 40.2 Å². The molecule has 1 N–H and O–H groups in total. The molecule has 11 nitrogen and oxygen atoms in total. The molecule has 0 aliphatic heterocycles. The van der Waals surface area contributed by atoms with E-state index in [4.69, 9.17) is 23.4 Å². The van der Waals surface area contributed by atoms with Crippen LogP contribution in [-0.2, 0) is 13.0 Å². The first kappa shape index (κ1) is 27.5. The Morgan fingerprint density at radius 1 is 0.902 bits per heavy atom. The Morgan fingerprint density at radius 3 is 2.24 bits per heavy atom. The Morgan fingerprint density at radius 2 is 1.59 bits per heavy atom. The van der Waals surface area contributed by atoms with Crippen molar-refractivity contribution in [3.8, 4) is 34.6 Å². The smallest absolute Gasteiger partial charge is 0.226 e. The molecule has 5 rings (SSSR count). The summed E-state index contributed by atoms with van der Waals surface area (Å²) in [4.78, 5) is 22.5. The van der Waals surface area contributed by atoms with Gasteiger partial charge in [0.2, 0.25) is 11.8 Å². The number of aryl methyl sites for hydroxylation is 1. The number of carbonyl (C=O) groups excluding carboxylic acids is 1. The number of hydrogen-bond donors (Lipinski definition) is 1. The fourth-order valence-corrected chi connectivity index (χ4v) is 4.50. The summed E-state index contributed by atoms with van der Waals surface area (Å²) in [5.41, 5.74) is 2.78. The van der Waals surface area contributed by atoms with Crippen LogP contribution in [0.3, 0.4) is 0 Å². The minimum absolute atomic E-state index is 0.0761. The average Bonchev–Trinajstić information content (AvgIpc) is 3.70. The van der Waals surface area contributed by atoms with Crippen molar-refractivity contribution < 1.29 is 28.2 Å². The van der Waals surface area contributed by atoms with Crippen molar-refractivity contribution in [1.29, 1.82) is 0 Å². The first-order valence-electron chi connectivity index (χ1n) is 13.0. The van der Waals surface area contributed by atoms with Gasteiger partial charge in [-0.05, 0) is 60.4 Å². The summed E-state index contributed by atoms with van der Waals surface area (Å²) in [6.07, 6.45) is 4.75. The number of nitrogens with zero attached hydrogens (tertiary/aromatic N) is 4. The zero-order valence-electron chi connectivity index (χ0n) is 23.3. The maximum atomic E-state index is 13.4. The molecule has 11 heteroatoms. The van der Waals surface area contributed by atoms with Crippen molar-refractivity contribution in [3.63, 3.8) is 0 Å². The molecule has 41 heavy (non-hydrogen) atoms. The number of fused-ring (bicyclic) bond motifs is 1. The highest BCUT2D eigenvalue weighted by atomic mass is 16.5. The van der Waals surface area contributed by atoms with Crippen molar-refractivity contribution in [2.75, 3.05) is 33.8 Å². The van der Waals surface area contributed by atoms with Crippen LogP contribution in [0.2, 0.25) is 0 Å². The number of benzene rings is 2. The summed E-state index contributed by atoms with van der Waals surface area (Å²) < 4.78 is 28.5. The Kier molecular flexibility index (Phi) is 8.33. The Labute approximate surface area is 237 Å². The van der Waals surface area contributed by atoms with Gasteiger partial charge in [0, 0.05) is 19.2 Å². The van der Waals surface area contributed by atoms with Gasteiger partial charge in [-0.15, -0.1) is 5.10 Å².